The largest absolute Gasteiger partial charge is 0.330 e. The standard InChI is InChI=1S/C15H23N3O/c1-10(7-8-16)15(17-2)12-3-5-13-11(9-12)4-6-14(19)18-13/h3,5,9-10,15,17H,4,6-8,16H2,1-2H3,(H,18,19). The number of hydrogen-bond acceptors (Lipinski definition) is 3. The van der Waals surface area contributed by atoms with Gasteiger partial charge in [0.25, 0.3) is 0 Å². The molecule has 0 aliphatic carbocycles. The molecule has 0 saturated heterocycles. The lowest BCUT2D eigenvalue weighted by Gasteiger charge is -2.26. The molecule has 2 atom stereocenters. The van der Waals surface area contributed by atoms with Crippen molar-refractivity contribution in [3.63, 3.8) is 0 Å². The van der Waals surface area contributed by atoms with Crippen LogP contribution in [0.15, 0.2) is 18.2 Å². The third-order valence-corrected chi connectivity index (χ3v) is 3.89. The predicted octanol–water partition coefficient (Wildman–Crippen LogP) is 1.82. The van der Waals surface area contributed by atoms with Gasteiger partial charge in [-0.1, -0.05) is 19.1 Å². The van der Waals surface area contributed by atoms with Crippen LogP contribution < -0.4 is 16.4 Å². The number of amides is 1. The van der Waals surface area contributed by atoms with E-state index in [9.17, 15) is 4.79 Å². The van der Waals surface area contributed by atoms with E-state index in [2.05, 4.69) is 29.7 Å². The Morgan fingerprint density at radius 1 is 1.42 bits per heavy atom. The zero-order valence-electron chi connectivity index (χ0n) is 11.7. The molecule has 1 aromatic carbocycles. The molecule has 0 radical (unpaired) electrons. The molecule has 4 heteroatoms. The van der Waals surface area contributed by atoms with Crippen LogP contribution in [0.4, 0.5) is 5.69 Å². The average molecular weight is 261 g/mol. The number of aryl methyl sites for hydroxylation is 1. The molecular formula is C15H23N3O. The minimum absolute atomic E-state index is 0.113. The van der Waals surface area contributed by atoms with E-state index in [4.69, 9.17) is 5.73 Å². The number of fused-ring (bicyclic) bond motifs is 1. The highest BCUT2D eigenvalue weighted by Crippen LogP contribution is 2.29. The van der Waals surface area contributed by atoms with Crippen LogP contribution >= 0.6 is 0 Å². The minimum Gasteiger partial charge on any atom is -0.330 e. The molecule has 0 bridgehead atoms. The maximum atomic E-state index is 11.4. The number of benzene rings is 1. The van der Waals surface area contributed by atoms with Crippen LogP contribution in [-0.4, -0.2) is 19.5 Å². The van der Waals surface area contributed by atoms with Crippen molar-refractivity contribution < 1.29 is 4.79 Å². The second-order valence-corrected chi connectivity index (χ2v) is 5.29. The lowest BCUT2D eigenvalue weighted by molar-refractivity contribution is -0.116. The first kappa shape index (κ1) is 14.0. The first-order chi connectivity index (χ1) is 9.15. The molecule has 1 amide bonds. The number of carbonyl (C=O) groups is 1. The molecule has 0 saturated carbocycles. The van der Waals surface area contributed by atoms with E-state index in [1.165, 1.54) is 11.1 Å². The third-order valence-electron chi connectivity index (χ3n) is 3.89. The van der Waals surface area contributed by atoms with Crippen LogP contribution in [0.2, 0.25) is 0 Å². The number of carbonyl (C=O) groups excluding carboxylic acids is 1. The van der Waals surface area contributed by atoms with Crippen molar-refractivity contribution in [1.82, 2.24) is 5.32 Å². The highest BCUT2D eigenvalue weighted by Gasteiger charge is 2.20. The number of rotatable bonds is 5. The van der Waals surface area contributed by atoms with Gasteiger partial charge in [-0.25, -0.2) is 0 Å². The van der Waals surface area contributed by atoms with Gasteiger partial charge in [0.15, 0.2) is 0 Å². The Morgan fingerprint density at radius 3 is 2.89 bits per heavy atom. The first-order valence-electron chi connectivity index (χ1n) is 6.95. The lowest BCUT2D eigenvalue weighted by Crippen LogP contribution is -2.26. The Bertz CT molecular complexity index is 459. The number of anilines is 1. The van der Waals surface area contributed by atoms with E-state index < -0.39 is 0 Å². The van der Waals surface area contributed by atoms with Gasteiger partial charge in [-0.05, 0) is 49.5 Å². The van der Waals surface area contributed by atoms with E-state index in [0.717, 1.165) is 18.5 Å². The number of hydrogen-bond donors (Lipinski definition) is 3. The first-order valence-corrected chi connectivity index (χ1v) is 6.95. The fourth-order valence-corrected chi connectivity index (χ4v) is 2.81. The fraction of sp³-hybridized carbons (Fsp3) is 0.533. The summed E-state index contributed by atoms with van der Waals surface area (Å²) in [4.78, 5) is 11.4. The van der Waals surface area contributed by atoms with Gasteiger partial charge in [-0.3, -0.25) is 4.79 Å². The van der Waals surface area contributed by atoms with Crippen molar-refractivity contribution in [1.29, 1.82) is 0 Å². The molecule has 0 aromatic heterocycles. The van der Waals surface area contributed by atoms with Gasteiger partial charge in [0.1, 0.15) is 0 Å². The van der Waals surface area contributed by atoms with Crippen molar-refractivity contribution in [2.24, 2.45) is 11.7 Å². The van der Waals surface area contributed by atoms with E-state index in [-0.39, 0.29) is 5.91 Å². The predicted molar refractivity (Wildman–Crippen MR) is 78.0 cm³/mol. The normalized spacial score (nSPS) is 17.5. The summed E-state index contributed by atoms with van der Waals surface area (Å²) in [5, 5.41) is 6.29. The Balaban J connectivity index is 2.22. The molecule has 2 rings (SSSR count). The van der Waals surface area contributed by atoms with Crippen LogP contribution in [-0.2, 0) is 11.2 Å². The highest BCUT2D eigenvalue weighted by atomic mass is 16.1. The van der Waals surface area contributed by atoms with Gasteiger partial charge in [-0.15, -0.1) is 0 Å². The van der Waals surface area contributed by atoms with E-state index in [0.29, 0.717) is 24.9 Å². The molecule has 19 heavy (non-hydrogen) atoms. The minimum atomic E-state index is 0.113. The van der Waals surface area contributed by atoms with E-state index in [1.807, 2.05) is 13.1 Å². The van der Waals surface area contributed by atoms with Gasteiger partial charge in [-0.2, -0.15) is 0 Å². The highest BCUT2D eigenvalue weighted by molar-refractivity contribution is 5.93. The smallest absolute Gasteiger partial charge is 0.224 e. The van der Waals surface area contributed by atoms with Gasteiger partial charge in [0, 0.05) is 18.2 Å². The Morgan fingerprint density at radius 2 is 2.21 bits per heavy atom. The van der Waals surface area contributed by atoms with Crippen molar-refractivity contribution in [2.75, 3.05) is 18.9 Å². The van der Waals surface area contributed by atoms with Crippen LogP contribution in [0.25, 0.3) is 0 Å². The molecule has 4 nitrogen and oxygen atoms in total. The molecular weight excluding hydrogens is 238 g/mol. The summed E-state index contributed by atoms with van der Waals surface area (Å²) in [6.07, 6.45) is 2.41. The maximum absolute atomic E-state index is 11.4. The van der Waals surface area contributed by atoms with Crippen LogP contribution in [0.3, 0.4) is 0 Å². The topological polar surface area (TPSA) is 67.2 Å². The quantitative estimate of drug-likeness (QED) is 0.757. The summed E-state index contributed by atoms with van der Waals surface area (Å²) in [5.41, 5.74) is 9.12. The molecule has 1 aromatic rings. The summed E-state index contributed by atoms with van der Waals surface area (Å²) in [6, 6.07) is 6.63. The molecule has 4 N–H and O–H groups in total. The van der Waals surface area contributed by atoms with Gasteiger partial charge >= 0.3 is 0 Å². The molecule has 1 aliphatic rings. The SMILES string of the molecule is CNC(c1ccc2c(c1)CCC(=O)N2)C(C)CCN. The van der Waals surface area contributed by atoms with Crippen molar-refractivity contribution >= 4 is 11.6 Å². The average Bonchev–Trinajstić information content (AvgIpc) is 2.40. The molecule has 104 valence electrons. The van der Waals surface area contributed by atoms with Gasteiger partial charge in [0.05, 0.1) is 0 Å². The summed E-state index contributed by atoms with van der Waals surface area (Å²) < 4.78 is 0. The molecule has 1 aliphatic heterocycles. The van der Waals surface area contributed by atoms with Crippen molar-refractivity contribution in [2.45, 2.75) is 32.2 Å². The van der Waals surface area contributed by atoms with Crippen LogP contribution in [0, 0.1) is 5.92 Å². The van der Waals surface area contributed by atoms with Crippen molar-refractivity contribution in [3.8, 4) is 0 Å². The van der Waals surface area contributed by atoms with Crippen LogP contribution in [0.5, 0.6) is 0 Å². The zero-order valence-corrected chi connectivity index (χ0v) is 11.7. The van der Waals surface area contributed by atoms with Crippen molar-refractivity contribution in [3.05, 3.63) is 29.3 Å². The van der Waals surface area contributed by atoms with Gasteiger partial charge in [0.2, 0.25) is 5.91 Å². The van der Waals surface area contributed by atoms with Crippen LogP contribution in [0.1, 0.15) is 36.9 Å². The summed E-state index contributed by atoms with van der Waals surface area (Å²) in [5.74, 6) is 0.605. The summed E-state index contributed by atoms with van der Waals surface area (Å²) in [6.45, 7) is 2.93. The lowest BCUT2D eigenvalue weighted by atomic mass is 9.89. The molecule has 0 fully saturated rings. The van der Waals surface area contributed by atoms with E-state index in [1.54, 1.807) is 0 Å². The Kier molecular flexibility index (Phi) is 4.56. The Labute approximate surface area is 114 Å². The monoisotopic (exact) mass is 261 g/mol. The number of nitrogens with two attached hydrogens (primary N) is 1. The molecule has 2 unspecified atom stereocenters. The number of nitrogens with one attached hydrogen (secondary N) is 2. The zero-order chi connectivity index (χ0) is 13.8. The van der Waals surface area contributed by atoms with Gasteiger partial charge < -0.3 is 16.4 Å². The fourth-order valence-electron chi connectivity index (χ4n) is 2.81. The van der Waals surface area contributed by atoms with E-state index >= 15 is 0 Å². The summed E-state index contributed by atoms with van der Waals surface area (Å²) in [7, 11) is 1.99. The molecule has 0 spiro atoms. The summed E-state index contributed by atoms with van der Waals surface area (Å²) >= 11 is 0. The third kappa shape index (κ3) is 3.14. The second kappa shape index (κ2) is 6.17. The Hall–Kier alpha value is -1.39. The molecule has 1 heterocycles. The maximum Gasteiger partial charge on any atom is 0.224 e. The second-order valence-electron chi connectivity index (χ2n) is 5.29.